The highest BCUT2D eigenvalue weighted by Gasteiger charge is 2.21. The number of esters is 1. The van der Waals surface area contributed by atoms with Gasteiger partial charge in [0.2, 0.25) is 5.89 Å². The first-order valence-electron chi connectivity index (χ1n) is 7.13. The molecule has 0 bridgehead atoms. The predicted molar refractivity (Wildman–Crippen MR) is 79.3 cm³/mol. The van der Waals surface area contributed by atoms with E-state index < -0.39 is 17.7 Å². The number of methoxy groups -OCH3 is 1. The summed E-state index contributed by atoms with van der Waals surface area (Å²) < 4.78 is 23.5. The summed E-state index contributed by atoms with van der Waals surface area (Å²) >= 11 is 0. The molecule has 1 aromatic heterocycles. The predicted octanol–water partition coefficient (Wildman–Crippen LogP) is 2.65. The minimum absolute atomic E-state index is 0.0132. The Balaban J connectivity index is 2.18. The summed E-state index contributed by atoms with van der Waals surface area (Å²) in [5.74, 6) is -1.48. The van der Waals surface area contributed by atoms with Gasteiger partial charge in [-0.15, -0.1) is 0 Å². The Morgan fingerprint density at radius 2 is 2.09 bits per heavy atom. The summed E-state index contributed by atoms with van der Waals surface area (Å²) in [6.45, 7) is 2.35. The van der Waals surface area contributed by atoms with Crippen molar-refractivity contribution in [3.63, 3.8) is 0 Å². The van der Waals surface area contributed by atoms with E-state index in [9.17, 15) is 14.0 Å². The highest BCUT2D eigenvalue weighted by atomic mass is 19.1. The molecule has 0 aliphatic heterocycles. The van der Waals surface area contributed by atoms with Gasteiger partial charge in [-0.05, 0) is 18.6 Å². The molecule has 0 aliphatic rings. The molecule has 0 N–H and O–H groups in total. The number of halogens is 1. The molecule has 0 spiro atoms. The molecule has 1 amide bonds. The highest BCUT2D eigenvalue weighted by molar-refractivity contribution is 5.94. The van der Waals surface area contributed by atoms with Gasteiger partial charge in [0.25, 0.3) is 5.91 Å². The van der Waals surface area contributed by atoms with E-state index in [2.05, 4.69) is 9.72 Å². The second-order valence-electron chi connectivity index (χ2n) is 4.82. The molecular formula is C16H17FN2O4. The van der Waals surface area contributed by atoms with Gasteiger partial charge in [0.15, 0.2) is 5.69 Å². The number of benzene rings is 1. The van der Waals surface area contributed by atoms with Crippen LogP contribution in [0.5, 0.6) is 0 Å². The van der Waals surface area contributed by atoms with Crippen molar-refractivity contribution in [1.82, 2.24) is 9.88 Å². The van der Waals surface area contributed by atoms with E-state index in [1.807, 2.05) is 6.92 Å². The van der Waals surface area contributed by atoms with Gasteiger partial charge in [0.05, 0.1) is 19.2 Å². The minimum Gasteiger partial charge on any atom is -0.464 e. The molecule has 2 rings (SSSR count). The number of nitrogens with zero attached hydrogens (tertiary/aromatic N) is 2. The fraction of sp³-hybridized carbons (Fsp3) is 0.312. The Labute approximate surface area is 132 Å². The van der Waals surface area contributed by atoms with Crippen LogP contribution in [-0.2, 0) is 11.3 Å². The van der Waals surface area contributed by atoms with Crippen molar-refractivity contribution in [2.24, 2.45) is 0 Å². The van der Waals surface area contributed by atoms with Crippen molar-refractivity contribution >= 4 is 11.9 Å². The van der Waals surface area contributed by atoms with E-state index in [0.29, 0.717) is 13.0 Å². The summed E-state index contributed by atoms with van der Waals surface area (Å²) in [5, 5.41) is 0. The van der Waals surface area contributed by atoms with Crippen molar-refractivity contribution in [2.75, 3.05) is 13.7 Å². The zero-order valence-corrected chi connectivity index (χ0v) is 12.9. The Morgan fingerprint density at radius 3 is 2.74 bits per heavy atom. The first-order chi connectivity index (χ1) is 11.1. The van der Waals surface area contributed by atoms with Crippen LogP contribution in [0.25, 0.3) is 0 Å². The summed E-state index contributed by atoms with van der Waals surface area (Å²) in [6.07, 6.45) is 1.85. The molecule has 2 aromatic rings. The number of amides is 1. The number of carbonyl (C=O) groups is 2. The van der Waals surface area contributed by atoms with Crippen LogP contribution in [0, 0.1) is 5.82 Å². The van der Waals surface area contributed by atoms with Gasteiger partial charge in [0, 0.05) is 6.54 Å². The van der Waals surface area contributed by atoms with Crippen molar-refractivity contribution < 1.29 is 23.1 Å². The van der Waals surface area contributed by atoms with Crippen molar-refractivity contribution in [1.29, 1.82) is 0 Å². The van der Waals surface area contributed by atoms with E-state index in [0.717, 1.165) is 0 Å². The monoisotopic (exact) mass is 320 g/mol. The van der Waals surface area contributed by atoms with E-state index in [4.69, 9.17) is 4.42 Å². The van der Waals surface area contributed by atoms with Crippen LogP contribution in [0.1, 0.15) is 40.1 Å². The van der Waals surface area contributed by atoms with Gasteiger partial charge < -0.3 is 14.1 Å². The second kappa shape index (κ2) is 7.53. The van der Waals surface area contributed by atoms with Crippen LogP contribution in [-0.4, -0.2) is 35.4 Å². The molecule has 6 nitrogen and oxygen atoms in total. The van der Waals surface area contributed by atoms with E-state index in [-0.39, 0.29) is 23.7 Å². The average Bonchev–Trinajstić information content (AvgIpc) is 3.02. The van der Waals surface area contributed by atoms with Crippen molar-refractivity contribution in [3.05, 3.63) is 53.5 Å². The fourth-order valence-corrected chi connectivity index (χ4v) is 2.07. The molecule has 0 unspecified atom stereocenters. The van der Waals surface area contributed by atoms with Crippen LogP contribution in [0.3, 0.4) is 0 Å². The molecule has 23 heavy (non-hydrogen) atoms. The van der Waals surface area contributed by atoms with Crippen LogP contribution < -0.4 is 0 Å². The molecule has 1 aromatic carbocycles. The van der Waals surface area contributed by atoms with Crippen molar-refractivity contribution in [3.8, 4) is 0 Å². The second-order valence-corrected chi connectivity index (χ2v) is 4.82. The summed E-state index contributed by atoms with van der Waals surface area (Å²) in [6, 6.07) is 5.78. The molecule has 7 heteroatoms. The highest BCUT2D eigenvalue weighted by Crippen LogP contribution is 2.14. The Morgan fingerprint density at radius 1 is 1.35 bits per heavy atom. The number of oxazole rings is 1. The maximum Gasteiger partial charge on any atom is 0.360 e. The number of hydrogen-bond donors (Lipinski definition) is 0. The Hall–Kier alpha value is -2.70. The van der Waals surface area contributed by atoms with Gasteiger partial charge in [-0.3, -0.25) is 4.79 Å². The number of carbonyl (C=O) groups excluding carboxylic acids is 2. The van der Waals surface area contributed by atoms with E-state index in [1.54, 1.807) is 6.07 Å². The summed E-state index contributed by atoms with van der Waals surface area (Å²) in [5.41, 5.74) is 0.0120. The van der Waals surface area contributed by atoms with E-state index >= 15 is 0 Å². The summed E-state index contributed by atoms with van der Waals surface area (Å²) in [4.78, 5) is 29.2. The molecule has 0 radical (unpaired) electrons. The zero-order chi connectivity index (χ0) is 16.8. The molecular weight excluding hydrogens is 303 g/mol. The maximum absolute atomic E-state index is 13.8. The van der Waals surface area contributed by atoms with Crippen LogP contribution >= 0.6 is 0 Å². The van der Waals surface area contributed by atoms with Gasteiger partial charge in [-0.1, -0.05) is 19.1 Å². The first-order valence-corrected chi connectivity index (χ1v) is 7.13. The van der Waals surface area contributed by atoms with Gasteiger partial charge in [-0.2, -0.15) is 0 Å². The Bertz CT molecular complexity index is 699. The lowest BCUT2D eigenvalue weighted by Gasteiger charge is -2.20. The molecule has 0 saturated heterocycles. The van der Waals surface area contributed by atoms with Crippen molar-refractivity contribution in [2.45, 2.75) is 19.9 Å². The number of aromatic nitrogens is 1. The van der Waals surface area contributed by atoms with Gasteiger partial charge in [0.1, 0.15) is 12.1 Å². The normalized spacial score (nSPS) is 10.4. The summed E-state index contributed by atoms with van der Waals surface area (Å²) in [7, 11) is 1.24. The minimum atomic E-state index is -0.623. The largest absolute Gasteiger partial charge is 0.464 e. The number of hydrogen-bond acceptors (Lipinski definition) is 5. The quantitative estimate of drug-likeness (QED) is 0.765. The lowest BCUT2D eigenvalue weighted by Crippen LogP contribution is -2.32. The fourth-order valence-electron chi connectivity index (χ4n) is 2.07. The van der Waals surface area contributed by atoms with Gasteiger partial charge in [-0.25, -0.2) is 14.2 Å². The van der Waals surface area contributed by atoms with Crippen LogP contribution in [0.15, 0.2) is 34.9 Å². The van der Waals surface area contributed by atoms with Gasteiger partial charge >= 0.3 is 5.97 Å². The standard InChI is InChI=1S/C16H17FN2O4/c1-3-8-19(15(20)11-6-4-5-7-12(11)17)9-14-18-13(10-23-14)16(21)22-2/h4-7,10H,3,8-9H2,1-2H3. The zero-order valence-electron chi connectivity index (χ0n) is 12.9. The Kier molecular flexibility index (Phi) is 5.46. The first kappa shape index (κ1) is 16.7. The SMILES string of the molecule is CCCN(Cc1nc(C(=O)OC)co1)C(=O)c1ccccc1F. The van der Waals surface area contributed by atoms with Crippen LogP contribution in [0.4, 0.5) is 4.39 Å². The molecule has 0 fully saturated rings. The number of ether oxygens (including phenoxy) is 1. The third-order valence-corrected chi connectivity index (χ3v) is 3.16. The molecule has 0 saturated carbocycles. The topological polar surface area (TPSA) is 72.6 Å². The molecule has 1 heterocycles. The number of rotatable bonds is 6. The molecule has 122 valence electrons. The lowest BCUT2D eigenvalue weighted by molar-refractivity contribution is 0.0594. The van der Waals surface area contributed by atoms with Crippen LogP contribution in [0.2, 0.25) is 0 Å². The lowest BCUT2D eigenvalue weighted by atomic mass is 10.2. The third-order valence-electron chi connectivity index (χ3n) is 3.16. The third kappa shape index (κ3) is 3.94. The smallest absolute Gasteiger partial charge is 0.360 e. The molecule has 0 aliphatic carbocycles. The maximum atomic E-state index is 13.8. The average molecular weight is 320 g/mol. The molecule has 0 atom stereocenters. The van der Waals surface area contributed by atoms with E-state index in [1.165, 1.54) is 36.5 Å².